The number of rotatable bonds is 4. The number of nitrogens with zero attached hydrogens (tertiary/aromatic N) is 2. The average molecular weight is 365 g/mol. The number of alkyl halides is 3. The van der Waals surface area contributed by atoms with Gasteiger partial charge in [0.05, 0.1) is 11.3 Å². The number of carbonyl (C=O) groups is 1. The van der Waals surface area contributed by atoms with Gasteiger partial charge in [-0.25, -0.2) is 0 Å². The van der Waals surface area contributed by atoms with E-state index in [1.807, 2.05) is 6.07 Å². The lowest BCUT2D eigenvalue weighted by molar-refractivity contribution is -0.137. The summed E-state index contributed by atoms with van der Waals surface area (Å²) in [5.74, 6) is 0.379. The van der Waals surface area contributed by atoms with Gasteiger partial charge in [0.2, 0.25) is 6.41 Å². The Bertz CT molecular complexity index is 752. The van der Waals surface area contributed by atoms with Crippen LogP contribution in [0.3, 0.4) is 0 Å². The molecule has 1 fully saturated rings. The highest BCUT2D eigenvalue weighted by Gasteiger charge is 2.32. The second-order valence-electron chi connectivity index (χ2n) is 7.21. The maximum absolute atomic E-state index is 12.8. The molecule has 7 heteroatoms. The SMILES string of the molecule is CC(C)c1cc(C2CC(c3ccc(C(F)(F)F)cc3)CN(C=O)C2)[nH]n1. The lowest BCUT2D eigenvalue weighted by atomic mass is 9.83. The molecule has 1 aromatic heterocycles. The quantitative estimate of drug-likeness (QED) is 0.822. The first-order chi connectivity index (χ1) is 12.3. The van der Waals surface area contributed by atoms with E-state index in [2.05, 4.69) is 24.0 Å². The standard InChI is InChI=1S/C19H22F3N3O/c1-12(2)17-8-18(24-23-17)15-7-14(9-25(10-15)11-26)13-3-5-16(6-4-13)19(20,21)22/h3-6,8,11-12,14-15H,7,9-10H2,1-2H3,(H,23,24). The van der Waals surface area contributed by atoms with Crippen molar-refractivity contribution in [3.63, 3.8) is 0 Å². The first-order valence-electron chi connectivity index (χ1n) is 8.69. The van der Waals surface area contributed by atoms with E-state index >= 15 is 0 Å². The summed E-state index contributed by atoms with van der Waals surface area (Å²) in [4.78, 5) is 13.1. The van der Waals surface area contributed by atoms with Gasteiger partial charge in [-0.15, -0.1) is 0 Å². The fourth-order valence-corrected chi connectivity index (χ4v) is 3.49. The highest BCUT2D eigenvalue weighted by Crippen LogP contribution is 2.36. The molecular weight excluding hydrogens is 343 g/mol. The van der Waals surface area contributed by atoms with Crippen molar-refractivity contribution in [2.75, 3.05) is 13.1 Å². The number of carbonyl (C=O) groups excluding carboxylic acids is 1. The van der Waals surface area contributed by atoms with Crippen molar-refractivity contribution in [1.29, 1.82) is 0 Å². The number of hydrogen-bond acceptors (Lipinski definition) is 2. The summed E-state index contributed by atoms with van der Waals surface area (Å²) in [5, 5.41) is 7.38. The molecule has 2 aromatic rings. The Morgan fingerprint density at radius 2 is 1.85 bits per heavy atom. The maximum atomic E-state index is 12.8. The fraction of sp³-hybridized carbons (Fsp3) is 0.474. The lowest BCUT2D eigenvalue weighted by Gasteiger charge is -2.35. The Kier molecular flexibility index (Phi) is 5.07. The van der Waals surface area contributed by atoms with Gasteiger partial charge < -0.3 is 4.90 Å². The second-order valence-corrected chi connectivity index (χ2v) is 7.21. The first-order valence-corrected chi connectivity index (χ1v) is 8.69. The molecule has 0 spiro atoms. The van der Waals surface area contributed by atoms with E-state index in [1.165, 1.54) is 12.1 Å². The molecule has 0 bridgehead atoms. The van der Waals surface area contributed by atoms with E-state index in [0.717, 1.165) is 41.9 Å². The fourth-order valence-electron chi connectivity index (χ4n) is 3.49. The number of aromatic nitrogens is 2. The zero-order chi connectivity index (χ0) is 18.9. The number of piperidine rings is 1. The number of benzene rings is 1. The third-order valence-electron chi connectivity index (χ3n) is 4.99. The summed E-state index contributed by atoms with van der Waals surface area (Å²) < 4.78 is 38.3. The van der Waals surface area contributed by atoms with Gasteiger partial charge in [-0.1, -0.05) is 26.0 Å². The molecule has 1 aromatic carbocycles. The minimum absolute atomic E-state index is 0.00738. The molecule has 26 heavy (non-hydrogen) atoms. The van der Waals surface area contributed by atoms with Crippen molar-refractivity contribution < 1.29 is 18.0 Å². The van der Waals surface area contributed by atoms with Gasteiger partial charge in [-0.2, -0.15) is 18.3 Å². The minimum Gasteiger partial charge on any atom is -0.344 e. The van der Waals surface area contributed by atoms with Crippen LogP contribution in [-0.2, 0) is 11.0 Å². The van der Waals surface area contributed by atoms with Crippen LogP contribution in [-0.4, -0.2) is 34.6 Å². The summed E-state index contributed by atoms with van der Waals surface area (Å²) in [6.07, 6.45) is -2.77. The number of H-pyrrole nitrogens is 1. The Morgan fingerprint density at radius 3 is 2.38 bits per heavy atom. The molecule has 3 rings (SSSR count). The average Bonchev–Trinajstić information content (AvgIpc) is 3.11. The summed E-state index contributed by atoms with van der Waals surface area (Å²) in [7, 11) is 0. The molecule has 0 saturated carbocycles. The van der Waals surface area contributed by atoms with Gasteiger partial charge in [0.25, 0.3) is 0 Å². The van der Waals surface area contributed by atoms with Gasteiger partial charge >= 0.3 is 6.18 Å². The van der Waals surface area contributed by atoms with Gasteiger partial charge in [-0.3, -0.25) is 9.89 Å². The number of nitrogens with one attached hydrogen (secondary N) is 1. The Labute approximate surface area is 150 Å². The highest BCUT2D eigenvalue weighted by atomic mass is 19.4. The number of likely N-dealkylation sites (tertiary alicyclic amines) is 1. The summed E-state index contributed by atoms with van der Waals surface area (Å²) in [5.41, 5.74) is 2.10. The van der Waals surface area contributed by atoms with Crippen LogP contribution in [0.2, 0.25) is 0 Å². The number of hydrogen-bond donors (Lipinski definition) is 1. The lowest BCUT2D eigenvalue weighted by Crippen LogP contribution is -2.37. The summed E-state index contributed by atoms with van der Waals surface area (Å²) in [6.45, 7) is 5.21. The third kappa shape index (κ3) is 3.92. The van der Waals surface area contributed by atoms with Crippen LogP contribution < -0.4 is 0 Å². The molecule has 1 amide bonds. The molecule has 2 atom stereocenters. The van der Waals surface area contributed by atoms with Gasteiger partial charge in [0.1, 0.15) is 0 Å². The largest absolute Gasteiger partial charge is 0.416 e. The number of halogens is 3. The highest BCUT2D eigenvalue weighted by molar-refractivity contribution is 5.48. The van der Waals surface area contributed by atoms with Crippen molar-refractivity contribution in [1.82, 2.24) is 15.1 Å². The molecular formula is C19H22F3N3O. The Balaban J connectivity index is 1.81. The molecule has 0 radical (unpaired) electrons. The molecule has 2 heterocycles. The summed E-state index contributed by atoms with van der Waals surface area (Å²) in [6, 6.07) is 7.28. The molecule has 1 saturated heterocycles. The number of aromatic amines is 1. The Morgan fingerprint density at radius 1 is 1.19 bits per heavy atom. The third-order valence-corrected chi connectivity index (χ3v) is 4.99. The van der Waals surface area contributed by atoms with Crippen LogP contribution in [0.15, 0.2) is 30.3 Å². The molecule has 140 valence electrons. The smallest absolute Gasteiger partial charge is 0.344 e. The van der Waals surface area contributed by atoms with Crippen molar-refractivity contribution in [3.8, 4) is 0 Å². The topological polar surface area (TPSA) is 49.0 Å². The maximum Gasteiger partial charge on any atom is 0.416 e. The molecule has 1 aliphatic rings. The van der Waals surface area contributed by atoms with Crippen molar-refractivity contribution in [2.45, 2.75) is 44.2 Å². The zero-order valence-electron chi connectivity index (χ0n) is 14.8. The van der Waals surface area contributed by atoms with Crippen LogP contribution in [0.4, 0.5) is 13.2 Å². The van der Waals surface area contributed by atoms with Crippen molar-refractivity contribution in [3.05, 3.63) is 52.8 Å². The van der Waals surface area contributed by atoms with Crippen LogP contribution in [0.1, 0.15) is 60.5 Å². The Hall–Kier alpha value is -2.31. The summed E-state index contributed by atoms with van der Waals surface area (Å²) >= 11 is 0. The molecule has 2 unspecified atom stereocenters. The normalized spacial score (nSPS) is 21.2. The molecule has 1 aliphatic heterocycles. The van der Waals surface area contributed by atoms with Crippen LogP contribution >= 0.6 is 0 Å². The predicted molar refractivity (Wildman–Crippen MR) is 91.9 cm³/mol. The van der Waals surface area contributed by atoms with E-state index in [4.69, 9.17) is 0 Å². The van der Waals surface area contributed by atoms with E-state index in [0.29, 0.717) is 19.0 Å². The van der Waals surface area contributed by atoms with Crippen molar-refractivity contribution >= 4 is 6.41 Å². The van der Waals surface area contributed by atoms with Crippen LogP contribution in [0.5, 0.6) is 0 Å². The molecule has 0 aliphatic carbocycles. The van der Waals surface area contributed by atoms with Gasteiger partial charge in [0.15, 0.2) is 0 Å². The predicted octanol–water partition coefficient (Wildman–Crippen LogP) is 4.28. The van der Waals surface area contributed by atoms with Crippen LogP contribution in [0, 0.1) is 0 Å². The van der Waals surface area contributed by atoms with Crippen molar-refractivity contribution in [2.24, 2.45) is 0 Å². The van der Waals surface area contributed by atoms with Crippen LogP contribution in [0.25, 0.3) is 0 Å². The minimum atomic E-state index is -4.34. The zero-order valence-corrected chi connectivity index (χ0v) is 14.8. The first kappa shape index (κ1) is 18.5. The van der Waals surface area contributed by atoms with E-state index in [9.17, 15) is 18.0 Å². The van der Waals surface area contributed by atoms with Gasteiger partial charge in [0, 0.05) is 30.6 Å². The van der Waals surface area contributed by atoms with Gasteiger partial charge in [-0.05, 0) is 36.1 Å². The monoisotopic (exact) mass is 365 g/mol. The van der Waals surface area contributed by atoms with E-state index in [-0.39, 0.29) is 11.8 Å². The molecule has 4 nitrogen and oxygen atoms in total. The second kappa shape index (κ2) is 7.13. The molecule has 1 N–H and O–H groups in total. The van der Waals surface area contributed by atoms with E-state index < -0.39 is 11.7 Å². The van der Waals surface area contributed by atoms with E-state index in [1.54, 1.807) is 4.90 Å². The number of amides is 1.